The molecule has 1 fully saturated rings. The predicted molar refractivity (Wildman–Crippen MR) is 87.5 cm³/mol. The van der Waals surface area contributed by atoms with E-state index in [-0.39, 0.29) is 25.5 Å². The first-order valence-electron chi connectivity index (χ1n) is 7.37. The minimum Gasteiger partial charge on any atom is -0.481 e. The molecule has 1 aromatic rings. The number of hydrogen-bond donors (Lipinski definition) is 2. The second-order valence-corrected chi connectivity index (χ2v) is 7.49. The zero-order valence-corrected chi connectivity index (χ0v) is 14.3. The summed E-state index contributed by atoms with van der Waals surface area (Å²) in [6.45, 7) is 2.55. The number of nitrogens with one attached hydrogen (secondary N) is 1. The maximum absolute atomic E-state index is 12.6. The van der Waals surface area contributed by atoms with Gasteiger partial charge in [0.25, 0.3) is 5.91 Å². The van der Waals surface area contributed by atoms with E-state index in [9.17, 15) is 18.0 Å². The number of carboxylic acid groups (broad SMARTS) is 1. The fourth-order valence-corrected chi connectivity index (χ4v) is 3.09. The zero-order valence-electron chi connectivity index (χ0n) is 13.5. The molecule has 0 bridgehead atoms. The maximum Gasteiger partial charge on any atom is 0.306 e. The molecule has 0 spiro atoms. The van der Waals surface area contributed by atoms with E-state index in [1.807, 2.05) is 0 Å². The number of sulfonamides is 1. The Labute approximate surface area is 140 Å². The number of carbonyl (C=O) groups is 2. The van der Waals surface area contributed by atoms with E-state index >= 15 is 0 Å². The quantitative estimate of drug-likeness (QED) is 0.802. The summed E-state index contributed by atoms with van der Waals surface area (Å²) in [5.41, 5.74) is 1.38. The first-order valence-corrected chi connectivity index (χ1v) is 9.26. The van der Waals surface area contributed by atoms with E-state index in [1.165, 1.54) is 11.0 Å². The molecule has 2 rings (SSSR count). The lowest BCUT2D eigenvalue weighted by atomic mass is 10.1. The average molecular weight is 356 g/mol. The maximum atomic E-state index is 12.6. The highest BCUT2D eigenvalue weighted by atomic mass is 32.2. The molecule has 132 valence electrons. The SMILES string of the molecule is Cc1ccc(C(=O)N2CCOC(CC(=O)O)C2)cc1NS(C)(=O)=O. The van der Waals surface area contributed by atoms with Crippen LogP contribution in [-0.2, 0) is 19.6 Å². The highest BCUT2D eigenvalue weighted by molar-refractivity contribution is 7.92. The first kappa shape index (κ1) is 18.2. The van der Waals surface area contributed by atoms with E-state index in [0.29, 0.717) is 23.4 Å². The van der Waals surface area contributed by atoms with Crippen LogP contribution in [0.4, 0.5) is 5.69 Å². The average Bonchev–Trinajstić information content (AvgIpc) is 2.47. The number of amides is 1. The normalized spacial score (nSPS) is 18.2. The fraction of sp³-hybridized carbons (Fsp3) is 0.467. The second kappa shape index (κ2) is 7.18. The van der Waals surface area contributed by atoms with Crippen molar-refractivity contribution >= 4 is 27.6 Å². The van der Waals surface area contributed by atoms with Crippen LogP contribution < -0.4 is 4.72 Å². The largest absolute Gasteiger partial charge is 0.481 e. The fourth-order valence-electron chi connectivity index (χ4n) is 2.47. The predicted octanol–water partition coefficient (Wildman–Crippen LogP) is 0.682. The van der Waals surface area contributed by atoms with Crippen LogP contribution in [0.3, 0.4) is 0 Å². The van der Waals surface area contributed by atoms with Gasteiger partial charge in [0, 0.05) is 18.7 Å². The Balaban J connectivity index is 2.17. The second-order valence-electron chi connectivity index (χ2n) is 5.75. The lowest BCUT2D eigenvalue weighted by molar-refractivity contribution is -0.141. The smallest absolute Gasteiger partial charge is 0.306 e. The number of anilines is 1. The summed E-state index contributed by atoms with van der Waals surface area (Å²) in [6, 6.07) is 4.77. The third-order valence-electron chi connectivity index (χ3n) is 3.61. The lowest BCUT2D eigenvalue weighted by Gasteiger charge is -2.32. The number of aryl methyl sites for hydroxylation is 1. The van der Waals surface area contributed by atoms with Gasteiger partial charge >= 0.3 is 5.97 Å². The van der Waals surface area contributed by atoms with Crippen LogP contribution in [0.25, 0.3) is 0 Å². The topological polar surface area (TPSA) is 113 Å². The molecule has 8 nitrogen and oxygen atoms in total. The minimum absolute atomic E-state index is 0.168. The van der Waals surface area contributed by atoms with E-state index in [2.05, 4.69) is 4.72 Å². The van der Waals surface area contributed by atoms with Crippen LogP contribution in [0, 0.1) is 6.92 Å². The Bertz CT molecular complexity index is 746. The Morgan fingerprint density at radius 3 is 2.75 bits per heavy atom. The van der Waals surface area contributed by atoms with Crippen molar-refractivity contribution in [3.05, 3.63) is 29.3 Å². The van der Waals surface area contributed by atoms with E-state index in [4.69, 9.17) is 9.84 Å². The molecule has 1 aromatic carbocycles. The van der Waals surface area contributed by atoms with Gasteiger partial charge < -0.3 is 14.7 Å². The van der Waals surface area contributed by atoms with Crippen LogP contribution in [-0.4, -0.2) is 62.4 Å². The van der Waals surface area contributed by atoms with Crippen molar-refractivity contribution in [1.29, 1.82) is 0 Å². The van der Waals surface area contributed by atoms with E-state index in [0.717, 1.165) is 6.26 Å². The summed E-state index contributed by atoms with van der Waals surface area (Å²) in [6.07, 6.45) is 0.331. The monoisotopic (exact) mass is 356 g/mol. The van der Waals surface area contributed by atoms with E-state index in [1.54, 1.807) is 19.1 Å². The molecule has 1 atom stereocenters. The van der Waals surface area contributed by atoms with Gasteiger partial charge in [-0.1, -0.05) is 6.07 Å². The Kier molecular flexibility index (Phi) is 5.45. The number of rotatable bonds is 5. The zero-order chi connectivity index (χ0) is 17.9. The summed E-state index contributed by atoms with van der Waals surface area (Å²) >= 11 is 0. The minimum atomic E-state index is -3.45. The van der Waals surface area contributed by atoms with Crippen LogP contribution in [0.15, 0.2) is 18.2 Å². The molecular formula is C15H20N2O6S. The van der Waals surface area contributed by atoms with Gasteiger partial charge in [0.1, 0.15) is 0 Å². The summed E-state index contributed by atoms with van der Waals surface area (Å²) in [4.78, 5) is 24.9. The van der Waals surface area contributed by atoms with Crippen molar-refractivity contribution in [3.8, 4) is 0 Å². The highest BCUT2D eigenvalue weighted by Gasteiger charge is 2.27. The van der Waals surface area contributed by atoms with Crippen LogP contribution >= 0.6 is 0 Å². The van der Waals surface area contributed by atoms with Gasteiger partial charge in [-0.3, -0.25) is 14.3 Å². The van der Waals surface area contributed by atoms with Gasteiger partial charge in [-0.05, 0) is 24.6 Å². The van der Waals surface area contributed by atoms with Gasteiger partial charge in [-0.25, -0.2) is 8.42 Å². The summed E-state index contributed by atoms with van der Waals surface area (Å²) in [5.74, 6) is -1.27. The third-order valence-corrected chi connectivity index (χ3v) is 4.20. The molecule has 1 amide bonds. The number of benzene rings is 1. The molecule has 0 saturated carbocycles. The van der Waals surface area contributed by atoms with Gasteiger partial charge in [-0.15, -0.1) is 0 Å². The molecule has 1 unspecified atom stereocenters. The summed E-state index contributed by atoms with van der Waals surface area (Å²) < 4.78 is 30.5. The molecule has 24 heavy (non-hydrogen) atoms. The third kappa shape index (κ3) is 4.93. The van der Waals surface area contributed by atoms with Crippen molar-refractivity contribution in [2.45, 2.75) is 19.4 Å². The molecule has 1 heterocycles. The number of aliphatic carboxylic acids is 1. The number of hydrogen-bond acceptors (Lipinski definition) is 5. The number of morpholine rings is 1. The van der Waals surface area contributed by atoms with Gasteiger partial charge in [0.05, 0.1) is 31.1 Å². The molecule has 0 radical (unpaired) electrons. The summed E-state index contributed by atoms with van der Waals surface area (Å²) in [7, 11) is -3.45. The molecule has 1 saturated heterocycles. The number of carbonyl (C=O) groups excluding carboxylic acids is 1. The summed E-state index contributed by atoms with van der Waals surface area (Å²) in [5, 5.41) is 8.83. The highest BCUT2D eigenvalue weighted by Crippen LogP contribution is 2.20. The number of nitrogens with zero attached hydrogens (tertiary/aromatic N) is 1. The van der Waals surface area contributed by atoms with Crippen molar-refractivity contribution in [1.82, 2.24) is 4.90 Å². The van der Waals surface area contributed by atoms with Crippen LogP contribution in [0.5, 0.6) is 0 Å². The van der Waals surface area contributed by atoms with Crippen molar-refractivity contribution in [3.63, 3.8) is 0 Å². The number of carboxylic acids is 1. The van der Waals surface area contributed by atoms with Crippen LogP contribution in [0.1, 0.15) is 22.3 Å². The van der Waals surface area contributed by atoms with Gasteiger partial charge in [-0.2, -0.15) is 0 Å². The molecule has 1 aliphatic heterocycles. The lowest BCUT2D eigenvalue weighted by Crippen LogP contribution is -2.46. The van der Waals surface area contributed by atoms with Crippen molar-refractivity contribution < 1.29 is 27.9 Å². The number of ether oxygens (including phenoxy) is 1. The molecule has 0 aliphatic carbocycles. The van der Waals surface area contributed by atoms with Crippen molar-refractivity contribution in [2.24, 2.45) is 0 Å². The van der Waals surface area contributed by atoms with Crippen molar-refractivity contribution in [2.75, 3.05) is 30.7 Å². The standard InChI is InChI=1S/C15H20N2O6S/c1-10-3-4-11(7-13(10)16-24(2,21)22)15(20)17-5-6-23-12(9-17)8-14(18)19/h3-4,7,12,16H,5-6,8-9H2,1-2H3,(H,18,19). The Morgan fingerprint density at radius 1 is 1.42 bits per heavy atom. The first-order chi connectivity index (χ1) is 11.2. The molecule has 9 heteroatoms. The van der Waals surface area contributed by atoms with E-state index < -0.39 is 22.1 Å². The molecule has 0 aromatic heterocycles. The van der Waals surface area contributed by atoms with Gasteiger partial charge in [0.15, 0.2) is 0 Å². The molecule has 2 N–H and O–H groups in total. The Morgan fingerprint density at radius 2 is 2.12 bits per heavy atom. The Hall–Kier alpha value is -2.13. The van der Waals surface area contributed by atoms with Crippen LogP contribution in [0.2, 0.25) is 0 Å². The molecule has 1 aliphatic rings. The molecular weight excluding hydrogens is 336 g/mol. The van der Waals surface area contributed by atoms with Gasteiger partial charge in [0.2, 0.25) is 10.0 Å².